The fraction of sp³-hybridized carbons (Fsp3) is 0.588. The summed E-state index contributed by atoms with van der Waals surface area (Å²) < 4.78 is 1.13. The molecule has 0 bridgehead atoms. The standard InChI is InChI=1S/C17H24BrN3O/c1-2-19-16(21-9-6-15(22)11-21)20-12-17(7-8-17)13-4-3-5-14(18)10-13/h3-5,10,15,22H,2,6-9,11-12H2,1H3,(H,19,20)/t15-/m1/s1. The normalized spacial score (nSPS) is 23.7. The Balaban J connectivity index is 1.73. The predicted octanol–water partition coefficient (Wildman–Crippen LogP) is 2.51. The first-order valence-corrected chi connectivity index (χ1v) is 8.90. The van der Waals surface area contributed by atoms with Crippen LogP contribution in [-0.4, -0.2) is 48.2 Å². The number of hydrogen-bond acceptors (Lipinski definition) is 2. The molecule has 1 saturated carbocycles. The molecule has 1 saturated heterocycles. The molecule has 0 radical (unpaired) electrons. The molecular formula is C17H24BrN3O. The number of β-amino-alcohol motifs (C(OH)–C–C–N with tert-alkyl or cyclic N) is 1. The number of nitrogens with zero attached hydrogens (tertiary/aromatic N) is 2. The minimum Gasteiger partial charge on any atom is -0.391 e. The van der Waals surface area contributed by atoms with Crippen LogP contribution in [0.2, 0.25) is 0 Å². The van der Waals surface area contributed by atoms with Gasteiger partial charge in [0.2, 0.25) is 0 Å². The fourth-order valence-corrected chi connectivity index (χ4v) is 3.49. The van der Waals surface area contributed by atoms with E-state index in [2.05, 4.69) is 57.3 Å². The predicted molar refractivity (Wildman–Crippen MR) is 93.2 cm³/mol. The first-order valence-electron chi connectivity index (χ1n) is 8.10. The Morgan fingerprint density at radius 2 is 2.32 bits per heavy atom. The van der Waals surface area contributed by atoms with Crippen molar-refractivity contribution in [3.8, 4) is 0 Å². The van der Waals surface area contributed by atoms with E-state index in [1.807, 2.05) is 0 Å². The fourth-order valence-electron chi connectivity index (χ4n) is 3.09. The SMILES string of the molecule is CCNC(=NCC1(c2cccc(Br)c2)CC1)N1CC[C@@H](O)C1. The molecule has 22 heavy (non-hydrogen) atoms. The van der Waals surface area contributed by atoms with Crippen molar-refractivity contribution < 1.29 is 5.11 Å². The highest BCUT2D eigenvalue weighted by Gasteiger charge is 2.44. The van der Waals surface area contributed by atoms with Crippen LogP contribution in [0.25, 0.3) is 0 Å². The van der Waals surface area contributed by atoms with Crippen molar-refractivity contribution in [2.45, 2.75) is 37.7 Å². The largest absolute Gasteiger partial charge is 0.391 e. The van der Waals surface area contributed by atoms with Gasteiger partial charge >= 0.3 is 0 Å². The first kappa shape index (κ1) is 15.8. The summed E-state index contributed by atoms with van der Waals surface area (Å²) >= 11 is 3.56. The quantitative estimate of drug-likeness (QED) is 0.636. The molecule has 0 spiro atoms. The zero-order chi connectivity index (χ0) is 15.6. The summed E-state index contributed by atoms with van der Waals surface area (Å²) in [4.78, 5) is 7.05. The van der Waals surface area contributed by atoms with Gasteiger partial charge in [0, 0.05) is 29.5 Å². The minimum atomic E-state index is -0.219. The highest BCUT2D eigenvalue weighted by molar-refractivity contribution is 9.10. The summed E-state index contributed by atoms with van der Waals surface area (Å²) in [6, 6.07) is 8.60. The number of aliphatic hydroxyl groups is 1. The van der Waals surface area contributed by atoms with E-state index < -0.39 is 0 Å². The Morgan fingerprint density at radius 3 is 2.91 bits per heavy atom. The van der Waals surface area contributed by atoms with Crippen molar-refractivity contribution in [1.29, 1.82) is 0 Å². The second-order valence-corrected chi connectivity index (χ2v) is 7.27. The Morgan fingerprint density at radius 1 is 1.50 bits per heavy atom. The van der Waals surface area contributed by atoms with Crippen LogP contribution >= 0.6 is 15.9 Å². The molecule has 2 fully saturated rings. The molecule has 1 aliphatic heterocycles. The molecule has 3 rings (SSSR count). The number of hydrogen-bond donors (Lipinski definition) is 2. The molecule has 0 amide bonds. The Hall–Kier alpha value is -1.07. The molecule has 1 aromatic carbocycles. The van der Waals surface area contributed by atoms with Crippen LogP contribution in [0.15, 0.2) is 33.7 Å². The van der Waals surface area contributed by atoms with E-state index in [0.717, 1.165) is 36.5 Å². The summed E-state index contributed by atoms with van der Waals surface area (Å²) in [6.07, 6.45) is 3.02. The summed E-state index contributed by atoms with van der Waals surface area (Å²) in [7, 11) is 0. The van der Waals surface area contributed by atoms with E-state index in [1.165, 1.54) is 18.4 Å². The Labute approximate surface area is 140 Å². The zero-order valence-corrected chi connectivity index (χ0v) is 14.6. The van der Waals surface area contributed by atoms with E-state index in [0.29, 0.717) is 6.54 Å². The van der Waals surface area contributed by atoms with Gasteiger partial charge in [0.25, 0.3) is 0 Å². The number of rotatable bonds is 4. The van der Waals surface area contributed by atoms with Gasteiger partial charge in [-0.2, -0.15) is 0 Å². The van der Waals surface area contributed by atoms with Gasteiger partial charge in [0.15, 0.2) is 5.96 Å². The first-order chi connectivity index (χ1) is 10.6. The summed E-state index contributed by atoms with van der Waals surface area (Å²) in [5.41, 5.74) is 1.59. The maximum atomic E-state index is 9.74. The maximum absolute atomic E-state index is 9.74. The number of guanidine groups is 1. The molecule has 2 N–H and O–H groups in total. The Kier molecular flexibility index (Phi) is 4.73. The number of benzene rings is 1. The molecule has 1 aliphatic carbocycles. The van der Waals surface area contributed by atoms with Crippen molar-refractivity contribution in [3.63, 3.8) is 0 Å². The smallest absolute Gasteiger partial charge is 0.194 e. The molecule has 0 aromatic heterocycles. The van der Waals surface area contributed by atoms with Crippen LogP contribution in [0.1, 0.15) is 31.7 Å². The van der Waals surface area contributed by atoms with Crippen molar-refractivity contribution in [3.05, 3.63) is 34.3 Å². The van der Waals surface area contributed by atoms with Gasteiger partial charge in [-0.25, -0.2) is 0 Å². The molecule has 5 heteroatoms. The molecule has 1 heterocycles. The van der Waals surface area contributed by atoms with Crippen LogP contribution in [0.3, 0.4) is 0 Å². The molecule has 2 aliphatic rings. The average Bonchev–Trinajstić information content (AvgIpc) is 3.18. The lowest BCUT2D eigenvalue weighted by atomic mass is 9.96. The van der Waals surface area contributed by atoms with Crippen LogP contribution in [-0.2, 0) is 5.41 Å². The van der Waals surface area contributed by atoms with Gasteiger partial charge < -0.3 is 15.3 Å². The van der Waals surface area contributed by atoms with Crippen LogP contribution < -0.4 is 5.32 Å². The number of nitrogens with one attached hydrogen (secondary N) is 1. The van der Waals surface area contributed by atoms with Gasteiger partial charge in [-0.15, -0.1) is 0 Å². The third-order valence-corrected chi connectivity index (χ3v) is 5.11. The molecular weight excluding hydrogens is 342 g/mol. The van der Waals surface area contributed by atoms with Gasteiger partial charge in [-0.1, -0.05) is 28.1 Å². The number of likely N-dealkylation sites (tertiary alicyclic amines) is 1. The van der Waals surface area contributed by atoms with Crippen LogP contribution in [0, 0.1) is 0 Å². The number of aliphatic imine (C=N–C) groups is 1. The third kappa shape index (κ3) is 3.46. The average molecular weight is 366 g/mol. The monoisotopic (exact) mass is 365 g/mol. The molecule has 1 aromatic rings. The molecule has 120 valence electrons. The lowest BCUT2D eigenvalue weighted by Crippen LogP contribution is -2.41. The lowest BCUT2D eigenvalue weighted by Gasteiger charge is -2.22. The third-order valence-electron chi connectivity index (χ3n) is 4.62. The van der Waals surface area contributed by atoms with Gasteiger partial charge in [0.05, 0.1) is 12.6 Å². The second kappa shape index (κ2) is 6.59. The topological polar surface area (TPSA) is 47.9 Å². The van der Waals surface area contributed by atoms with Gasteiger partial charge in [-0.05, 0) is 43.9 Å². The van der Waals surface area contributed by atoms with E-state index >= 15 is 0 Å². The number of halogens is 1. The highest BCUT2D eigenvalue weighted by atomic mass is 79.9. The number of aliphatic hydroxyl groups excluding tert-OH is 1. The Bertz CT molecular complexity index is 557. The van der Waals surface area contributed by atoms with Crippen molar-refractivity contribution in [1.82, 2.24) is 10.2 Å². The summed E-state index contributed by atoms with van der Waals surface area (Å²) in [5.74, 6) is 0.945. The lowest BCUT2D eigenvalue weighted by molar-refractivity contribution is 0.188. The zero-order valence-electron chi connectivity index (χ0n) is 13.1. The van der Waals surface area contributed by atoms with Crippen LogP contribution in [0.5, 0.6) is 0 Å². The summed E-state index contributed by atoms with van der Waals surface area (Å²) in [6.45, 7) is 5.34. The van der Waals surface area contributed by atoms with Gasteiger partial charge in [0.1, 0.15) is 0 Å². The second-order valence-electron chi connectivity index (χ2n) is 6.35. The molecule has 4 nitrogen and oxygen atoms in total. The van der Waals surface area contributed by atoms with Crippen molar-refractivity contribution >= 4 is 21.9 Å². The van der Waals surface area contributed by atoms with Crippen molar-refractivity contribution in [2.24, 2.45) is 4.99 Å². The minimum absolute atomic E-state index is 0.211. The van der Waals surface area contributed by atoms with Crippen LogP contribution in [0.4, 0.5) is 0 Å². The molecule has 0 unspecified atom stereocenters. The van der Waals surface area contributed by atoms with Gasteiger partial charge in [-0.3, -0.25) is 4.99 Å². The highest BCUT2D eigenvalue weighted by Crippen LogP contribution is 2.48. The van der Waals surface area contributed by atoms with E-state index in [9.17, 15) is 5.11 Å². The maximum Gasteiger partial charge on any atom is 0.194 e. The van der Waals surface area contributed by atoms with E-state index in [4.69, 9.17) is 4.99 Å². The summed E-state index contributed by atoms with van der Waals surface area (Å²) in [5, 5.41) is 13.1. The molecule has 1 atom stereocenters. The van der Waals surface area contributed by atoms with Crippen molar-refractivity contribution in [2.75, 3.05) is 26.2 Å². The van der Waals surface area contributed by atoms with E-state index in [-0.39, 0.29) is 11.5 Å². The van der Waals surface area contributed by atoms with E-state index in [1.54, 1.807) is 0 Å².